The van der Waals surface area contributed by atoms with Crippen molar-refractivity contribution in [3.05, 3.63) is 23.8 Å². The Morgan fingerprint density at radius 3 is 2.67 bits per heavy atom. The Kier molecular flexibility index (Phi) is 5.16. The van der Waals surface area contributed by atoms with Crippen LogP contribution in [0.25, 0.3) is 0 Å². The van der Waals surface area contributed by atoms with Crippen LogP contribution in [0.15, 0.2) is 18.2 Å². The molecule has 2 rings (SSSR count). The zero-order chi connectivity index (χ0) is 15.2. The highest BCUT2D eigenvalue weighted by atomic mass is 16.6. The molecule has 2 N–H and O–H groups in total. The van der Waals surface area contributed by atoms with Gasteiger partial charge in [-0.1, -0.05) is 6.07 Å². The van der Waals surface area contributed by atoms with Crippen molar-refractivity contribution in [2.75, 3.05) is 19.8 Å². The molecule has 1 unspecified atom stereocenters. The Morgan fingerprint density at radius 1 is 1.24 bits per heavy atom. The molecule has 21 heavy (non-hydrogen) atoms. The van der Waals surface area contributed by atoms with Crippen LogP contribution in [0.2, 0.25) is 0 Å². The third-order valence-corrected chi connectivity index (χ3v) is 3.15. The fourth-order valence-electron chi connectivity index (χ4n) is 1.97. The molecule has 1 atom stereocenters. The van der Waals surface area contributed by atoms with Crippen LogP contribution in [0.5, 0.6) is 11.5 Å². The van der Waals surface area contributed by atoms with E-state index in [1.54, 1.807) is 18.2 Å². The third kappa shape index (κ3) is 4.46. The van der Waals surface area contributed by atoms with Crippen molar-refractivity contribution in [2.45, 2.75) is 25.9 Å². The van der Waals surface area contributed by atoms with E-state index in [9.17, 15) is 14.7 Å². The summed E-state index contributed by atoms with van der Waals surface area (Å²) in [6, 6.07) is 5.19. The lowest BCUT2D eigenvalue weighted by atomic mass is 10.1. The van der Waals surface area contributed by atoms with Gasteiger partial charge in [0.15, 0.2) is 11.5 Å². The second-order valence-electron chi connectivity index (χ2n) is 4.92. The summed E-state index contributed by atoms with van der Waals surface area (Å²) in [6.45, 7) is 2.53. The molecule has 0 bridgehead atoms. The molecule has 0 saturated heterocycles. The van der Waals surface area contributed by atoms with E-state index in [0.717, 1.165) is 0 Å². The normalized spacial score (nSPS) is 14.4. The van der Waals surface area contributed by atoms with E-state index >= 15 is 0 Å². The minimum absolute atomic E-state index is 0.0301. The van der Waals surface area contributed by atoms with Crippen molar-refractivity contribution in [3.8, 4) is 11.5 Å². The summed E-state index contributed by atoms with van der Waals surface area (Å²) in [5.74, 6) is 0.975. The molecule has 0 aliphatic carbocycles. The number of ketones is 1. The van der Waals surface area contributed by atoms with Gasteiger partial charge in [0.05, 0.1) is 6.10 Å². The van der Waals surface area contributed by atoms with Crippen molar-refractivity contribution in [1.82, 2.24) is 5.32 Å². The van der Waals surface area contributed by atoms with E-state index in [4.69, 9.17) is 9.47 Å². The number of Topliss-reactive ketones (excluding diaryl/α,β-unsaturated/α-hetero) is 1. The highest BCUT2D eigenvalue weighted by molar-refractivity contribution is 5.83. The second kappa shape index (κ2) is 7.08. The smallest absolute Gasteiger partial charge is 0.220 e. The van der Waals surface area contributed by atoms with Gasteiger partial charge in [-0.25, -0.2) is 0 Å². The molecule has 0 fully saturated rings. The minimum Gasteiger partial charge on any atom is -0.486 e. The molecule has 1 aromatic rings. The van der Waals surface area contributed by atoms with Gasteiger partial charge in [0, 0.05) is 19.4 Å². The first-order chi connectivity index (χ1) is 10.1. The number of fused-ring (bicyclic) bond motifs is 1. The van der Waals surface area contributed by atoms with Gasteiger partial charge in [0.2, 0.25) is 5.91 Å². The van der Waals surface area contributed by atoms with E-state index < -0.39 is 6.10 Å². The van der Waals surface area contributed by atoms with Crippen molar-refractivity contribution in [1.29, 1.82) is 0 Å². The van der Waals surface area contributed by atoms with E-state index in [1.807, 2.05) is 0 Å². The lowest BCUT2D eigenvalue weighted by Gasteiger charge is -2.20. The lowest BCUT2D eigenvalue weighted by Crippen LogP contribution is -2.28. The van der Waals surface area contributed by atoms with Crippen LogP contribution < -0.4 is 14.8 Å². The Labute approximate surface area is 123 Å². The standard InChI is InChI=1S/C15H19NO5/c1-10(17)2-5-15(19)16-9-12(18)11-3-4-13-14(8-11)21-7-6-20-13/h3-4,8,12,18H,2,5-7,9H2,1H3,(H,16,19). The Hall–Kier alpha value is -2.08. The predicted molar refractivity (Wildman–Crippen MR) is 75.3 cm³/mol. The average Bonchev–Trinajstić information content (AvgIpc) is 2.50. The Balaban J connectivity index is 1.87. The SMILES string of the molecule is CC(=O)CCC(=O)NCC(O)c1ccc2c(c1)OCCO2. The summed E-state index contributed by atoms with van der Waals surface area (Å²) < 4.78 is 10.8. The maximum Gasteiger partial charge on any atom is 0.220 e. The molecule has 1 aliphatic rings. The molecular weight excluding hydrogens is 274 g/mol. The number of carbonyl (C=O) groups is 2. The first-order valence-electron chi connectivity index (χ1n) is 6.90. The molecule has 1 aromatic carbocycles. The minimum atomic E-state index is -0.831. The number of aliphatic hydroxyl groups excluding tert-OH is 1. The number of nitrogens with one attached hydrogen (secondary N) is 1. The van der Waals surface area contributed by atoms with Gasteiger partial charge >= 0.3 is 0 Å². The van der Waals surface area contributed by atoms with Gasteiger partial charge in [-0.2, -0.15) is 0 Å². The van der Waals surface area contributed by atoms with Gasteiger partial charge in [-0.05, 0) is 24.6 Å². The molecule has 0 aromatic heterocycles. The molecule has 1 heterocycles. The van der Waals surface area contributed by atoms with Crippen LogP contribution in [-0.2, 0) is 9.59 Å². The number of ether oxygens (including phenoxy) is 2. The van der Waals surface area contributed by atoms with Crippen LogP contribution in [0, 0.1) is 0 Å². The topological polar surface area (TPSA) is 84.9 Å². The van der Waals surface area contributed by atoms with Crippen LogP contribution in [0.3, 0.4) is 0 Å². The van der Waals surface area contributed by atoms with Crippen molar-refractivity contribution >= 4 is 11.7 Å². The number of benzene rings is 1. The van der Waals surface area contributed by atoms with E-state index in [0.29, 0.717) is 30.3 Å². The number of aliphatic hydroxyl groups is 1. The zero-order valence-corrected chi connectivity index (χ0v) is 11.9. The number of amides is 1. The summed E-state index contributed by atoms with van der Waals surface area (Å²) in [6.07, 6.45) is -0.475. The van der Waals surface area contributed by atoms with E-state index in [2.05, 4.69) is 5.32 Å². The number of hydrogen-bond acceptors (Lipinski definition) is 5. The van der Waals surface area contributed by atoms with Crippen LogP contribution in [-0.4, -0.2) is 36.6 Å². The van der Waals surface area contributed by atoms with Crippen molar-refractivity contribution in [3.63, 3.8) is 0 Å². The van der Waals surface area contributed by atoms with Gasteiger partial charge in [0.1, 0.15) is 19.0 Å². The van der Waals surface area contributed by atoms with Crippen molar-refractivity contribution < 1.29 is 24.2 Å². The summed E-state index contributed by atoms with van der Waals surface area (Å²) in [7, 11) is 0. The predicted octanol–water partition coefficient (Wildman–Crippen LogP) is 0.977. The third-order valence-electron chi connectivity index (χ3n) is 3.15. The molecule has 0 spiro atoms. The second-order valence-corrected chi connectivity index (χ2v) is 4.92. The first kappa shape index (κ1) is 15.3. The highest BCUT2D eigenvalue weighted by Crippen LogP contribution is 2.32. The molecule has 0 saturated carbocycles. The largest absolute Gasteiger partial charge is 0.486 e. The fourth-order valence-corrected chi connectivity index (χ4v) is 1.97. The Morgan fingerprint density at radius 2 is 1.95 bits per heavy atom. The van der Waals surface area contributed by atoms with Gasteiger partial charge in [-0.3, -0.25) is 4.79 Å². The highest BCUT2D eigenvalue weighted by Gasteiger charge is 2.16. The average molecular weight is 293 g/mol. The first-order valence-corrected chi connectivity index (χ1v) is 6.90. The maximum atomic E-state index is 11.5. The summed E-state index contributed by atoms with van der Waals surface area (Å²) in [4.78, 5) is 22.3. The number of hydrogen-bond donors (Lipinski definition) is 2. The molecule has 0 radical (unpaired) electrons. The van der Waals surface area contributed by atoms with Crippen molar-refractivity contribution in [2.24, 2.45) is 0 Å². The Bertz CT molecular complexity index is 529. The molecule has 1 amide bonds. The summed E-state index contributed by atoms with van der Waals surface area (Å²) in [5.41, 5.74) is 0.645. The molecular formula is C15H19NO5. The van der Waals surface area contributed by atoms with Gasteiger partial charge < -0.3 is 24.7 Å². The summed E-state index contributed by atoms with van der Waals surface area (Å²) >= 11 is 0. The quantitative estimate of drug-likeness (QED) is 0.816. The van der Waals surface area contributed by atoms with Crippen LogP contribution >= 0.6 is 0 Å². The molecule has 6 heteroatoms. The van der Waals surface area contributed by atoms with Gasteiger partial charge in [0.25, 0.3) is 0 Å². The van der Waals surface area contributed by atoms with Crippen LogP contribution in [0.1, 0.15) is 31.4 Å². The number of rotatable bonds is 6. The lowest BCUT2D eigenvalue weighted by molar-refractivity contribution is -0.124. The molecule has 114 valence electrons. The van der Waals surface area contributed by atoms with Crippen LogP contribution in [0.4, 0.5) is 0 Å². The molecule has 6 nitrogen and oxygen atoms in total. The zero-order valence-electron chi connectivity index (χ0n) is 11.9. The summed E-state index contributed by atoms with van der Waals surface area (Å²) in [5, 5.41) is 12.7. The van der Waals surface area contributed by atoms with E-state index in [-0.39, 0.29) is 31.1 Å². The maximum absolute atomic E-state index is 11.5. The van der Waals surface area contributed by atoms with Gasteiger partial charge in [-0.15, -0.1) is 0 Å². The van der Waals surface area contributed by atoms with E-state index in [1.165, 1.54) is 6.92 Å². The number of carbonyl (C=O) groups excluding carboxylic acids is 2. The molecule has 1 aliphatic heterocycles. The fraction of sp³-hybridized carbons (Fsp3) is 0.467. The monoisotopic (exact) mass is 293 g/mol.